The van der Waals surface area contributed by atoms with Crippen LogP contribution in [0.2, 0.25) is 0 Å². The number of carbonyl (C=O) groups excluding carboxylic acids is 1. The van der Waals surface area contributed by atoms with E-state index in [2.05, 4.69) is 62.1 Å². The number of benzene rings is 1. The molecule has 0 saturated carbocycles. The molecular weight excluding hydrogens is 302 g/mol. The van der Waals surface area contributed by atoms with Crippen molar-refractivity contribution in [1.82, 2.24) is 10.1 Å². The number of carbonyl (C=O) groups is 1. The third-order valence-electron chi connectivity index (χ3n) is 3.85. The minimum atomic E-state index is -0.107. The predicted octanol–water partition coefficient (Wildman–Crippen LogP) is 3.82. The number of aromatic nitrogens is 1. The van der Waals surface area contributed by atoms with Crippen LogP contribution in [0.4, 0.5) is 5.88 Å². The molecule has 2 rings (SSSR count). The number of nitrogens with zero attached hydrogens (tertiary/aromatic N) is 2. The first-order chi connectivity index (χ1) is 11.3. The zero-order valence-corrected chi connectivity index (χ0v) is 15.2. The van der Waals surface area contributed by atoms with Crippen LogP contribution in [0.1, 0.15) is 45.9 Å². The van der Waals surface area contributed by atoms with Gasteiger partial charge in [0, 0.05) is 24.1 Å². The van der Waals surface area contributed by atoms with Crippen molar-refractivity contribution < 1.29 is 9.32 Å². The summed E-state index contributed by atoms with van der Waals surface area (Å²) in [4.78, 5) is 14.5. The summed E-state index contributed by atoms with van der Waals surface area (Å²) in [6, 6.07) is 12.2. The number of anilines is 1. The van der Waals surface area contributed by atoms with E-state index in [4.69, 9.17) is 4.52 Å². The Morgan fingerprint density at radius 2 is 1.92 bits per heavy atom. The molecule has 0 unspecified atom stereocenters. The van der Waals surface area contributed by atoms with E-state index >= 15 is 0 Å². The highest BCUT2D eigenvalue weighted by Crippen LogP contribution is 2.23. The van der Waals surface area contributed by atoms with Crippen molar-refractivity contribution in [2.75, 3.05) is 11.9 Å². The summed E-state index contributed by atoms with van der Waals surface area (Å²) >= 11 is 0. The summed E-state index contributed by atoms with van der Waals surface area (Å²) in [5, 5.41) is 6.81. The molecule has 0 bridgehead atoms. The molecule has 2 aromatic rings. The van der Waals surface area contributed by atoms with Gasteiger partial charge in [-0.3, -0.25) is 15.0 Å². The van der Waals surface area contributed by atoms with Gasteiger partial charge in [0.15, 0.2) is 0 Å². The molecule has 0 fully saturated rings. The maximum atomic E-state index is 12.3. The maximum Gasteiger partial charge on any atom is 0.240 e. The lowest BCUT2D eigenvalue weighted by atomic mass is 9.92. The van der Waals surface area contributed by atoms with Crippen molar-refractivity contribution in [3.63, 3.8) is 0 Å². The molecule has 0 aliphatic carbocycles. The quantitative estimate of drug-likeness (QED) is 0.875. The van der Waals surface area contributed by atoms with Crippen LogP contribution >= 0.6 is 0 Å². The van der Waals surface area contributed by atoms with Crippen molar-refractivity contribution in [3.05, 3.63) is 47.7 Å². The number of rotatable bonds is 6. The molecule has 5 nitrogen and oxygen atoms in total. The highest BCUT2D eigenvalue weighted by molar-refractivity contribution is 5.91. The third-order valence-corrected chi connectivity index (χ3v) is 3.85. The van der Waals surface area contributed by atoms with Gasteiger partial charge in [-0.25, -0.2) is 0 Å². The van der Waals surface area contributed by atoms with E-state index in [9.17, 15) is 4.79 Å². The molecule has 130 valence electrons. The SMILES string of the molecule is CC(C)N(CC(=O)Nc1cc(C(C)(C)C)no1)Cc1ccccc1. The first-order valence-corrected chi connectivity index (χ1v) is 8.30. The smallest absolute Gasteiger partial charge is 0.240 e. The normalized spacial score (nSPS) is 12.0. The molecule has 1 aromatic carbocycles. The molecule has 1 amide bonds. The minimum absolute atomic E-state index is 0.101. The van der Waals surface area contributed by atoms with Crippen molar-refractivity contribution in [2.24, 2.45) is 0 Å². The fourth-order valence-corrected chi connectivity index (χ4v) is 2.29. The van der Waals surface area contributed by atoms with Crippen LogP contribution in [0.3, 0.4) is 0 Å². The first kappa shape index (κ1) is 18.2. The van der Waals surface area contributed by atoms with Crippen molar-refractivity contribution in [3.8, 4) is 0 Å². The Balaban J connectivity index is 1.97. The first-order valence-electron chi connectivity index (χ1n) is 8.30. The molecule has 0 radical (unpaired) electrons. The summed E-state index contributed by atoms with van der Waals surface area (Å²) in [6.45, 7) is 11.4. The third kappa shape index (κ3) is 5.20. The Hall–Kier alpha value is -2.14. The lowest BCUT2D eigenvalue weighted by molar-refractivity contribution is -0.118. The summed E-state index contributed by atoms with van der Waals surface area (Å²) in [5.41, 5.74) is 1.90. The highest BCUT2D eigenvalue weighted by Gasteiger charge is 2.20. The molecule has 1 N–H and O–H groups in total. The molecule has 24 heavy (non-hydrogen) atoms. The zero-order chi connectivity index (χ0) is 17.7. The van der Waals surface area contributed by atoms with Gasteiger partial charge < -0.3 is 4.52 Å². The van der Waals surface area contributed by atoms with Gasteiger partial charge in [0.05, 0.1) is 12.2 Å². The number of amides is 1. The van der Waals surface area contributed by atoms with Gasteiger partial charge in [-0.15, -0.1) is 0 Å². The van der Waals surface area contributed by atoms with Gasteiger partial charge in [0.2, 0.25) is 11.8 Å². The maximum absolute atomic E-state index is 12.3. The average Bonchev–Trinajstić information content (AvgIpc) is 2.96. The van der Waals surface area contributed by atoms with Gasteiger partial charge in [-0.2, -0.15) is 0 Å². The zero-order valence-electron chi connectivity index (χ0n) is 15.2. The van der Waals surface area contributed by atoms with Gasteiger partial charge in [-0.05, 0) is 19.4 Å². The molecule has 1 heterocycles. The van der Waals surface area contributed by atoms with Gasteiger partial charge >= 0.3 is 0 Å². The number of nitrogens with one attached hydrogen (secondary N) is 1. The Kier molecular flexibility index (Phi) is 5.78. The standard InChI is InChI=1S/C19H27N3O2/c1-14(2)22(12-15-9-7-6-8-10-15)13-17(23)20-18-11-16(21-24-18)19(3,4)5/h6-11,14H,12-13H2,1-5H3,(H,20,23). The van der Waals surface area contributed by atoms with Crippen LogP contribution < -0.4 is 5.32 Å². The van der Waals surface area contributed by atoms with Crippen LogP contribution in [-0.2, 0) is 16.8 Å². The molecule has 0 spiro atoms. The van der Waals surface area contributed by atoms with E-state index in [1.165, 1.54) is 5.56 Å². The Morgan fingerprint density at radius 1 is 1.25 bits per heavy atom. The fraction of sp³-hybridized carbons (Fsp3) is 0.474. The average molecular weight is 329 g/mol. The van der Waals surface area contributed by atoms with Crippen LogP contribution in [0.15, 0.2) is 40.9 Å². The van der Waals surface area contributed by atoms with E-state index in [1.54, 1.807) is 6.07 Å². The van der Waals surface area contributed by atoms with E-state index in [0.717, 1.165) is 12.2 Å². The summed E-state index contributed by atoms with van der Waals surface area (Å²) in [5.74, 6) is 0.296. The Morgan fingerprint density at radius 3 is 2.46 bits per heavy atom. The number of hydrogen-bond acceptors (Lipinski definition) is 4. The van der Waals surface area contributed by atoms with E-state index in [1.807, 2.05) is 18.2 Å². The Labute approximate surface area is 144 Å². The molecule has 1 aromatic heterocycles. The number of hydrogen-bond donors (Lipinski definition) is 1. The Bertz CT molecular complexity index is 657. The predicted molar refractivity (Wildman–Crippen MR) is 95.8 cm³/mol. The van der Waals surface area contributed by atoms with Gasteiger partial charge in [0.1, 0.15) is 0 Å². The summed E-state index contributed by atoms with van der Waals surface area (Å²) < 4.78 is 5.22. The van der Waals surface area contributed by atoms with Crippen molar-refractivity contribution in [1.29, 1.82) is 0 Å². The molecule has 5 heteroatoms. The lowest BCUT2D eigenvalue weighted by Gasteiger charge is -2.25. The van der Waals surface area contributed by atoms with Crippen LogP contribution in [0.5, 0.6) is 0 Å². The van der Waals surface area contributed by atoms with Gasteiger partial charge in [0.25, 0.3) is 0 Å². The molecular formula is C19H27N3O2. The second kappa shape index (κ2) is 7.62. The van der Waals surface area contributed by atoms with Crippen LogP contribution in [0.25, 0.3) is 0 Å². The molecule has 0 aliphatic rings. The van der Waals surface area contributed by atoms with E-state index in [-0.39, 0.29) is 17.4 Å². The summed E-state index contributed by atoms with van der Waals surface area (Å²) in [7, 11) is 0. The van der Waals surface area contributed by atoms with Crippen molar-refractivity contribution >= 4 is 11.8 Å². The molecule has 0 atom stereocenters. The molecule has 0 aliphatic heterocycles. The minimum Gasteiger partial charge on any atom is -0.338 e. The molecule has 0 saturated heterocycles. The monoisotopic (exact) mass is 329 g/mol. The van der Waals surface area contributed by atoms with E-state index < -0.39 is 0 Å². The van der Waals surface area contributed by atoms with Crippen molar-refractivity contribution in [2.45, 2.75) is 52.6 Å². The fourth-order valence-electron chi connectivity index (χ4n) is 2.29. The van der Waals surface area contributed by atoms with Gasteiger partial charge in [-0.1, -0.05) is 56.3 Å². The summed E-state index contributed by atoms with van der Waals surface area (Å²) in [6.07, 6.45) is 0. The van der Waals surface area contributed by atoms with E-state index in [0.29, 0.717) is 12.4 Å². The lowest BCUT2D eigenvalue weighted by Crippen LogP contribution is -2.37. The largest absolute Gasteiger partial charge is 0.338 e. The second-order valence-corrected chi connectivity index (χ2v) is 7.36. The second-order valence-electron chi connectivity index (χ2n) is 7.36. The van der Waals surface area contributed by atoms with Crippen LogP contribution in [0, 0.1) is 0 Å². The van der Waals surface area contributed by atoms with Crippen LogP contribution in [-0.4, -0.2) is 28.6 Å². The topological polar surface area (TPSA) is 58.4 Å². The highest BCUT2D eigenvalue weighted by atomic mass is 16.5.